The fourth-order valence-corrected chi connectivity index (χ4v) is 0.859. The molecule has 0 aromatic rings. The molecule has 6 heteroatoms. The number of hydrogen-bond donors (Lipinski definition) is 0. The van der Waals surface area contributed by atoms with Crippen molar-refractivity contribution in [2.45, 2.75) is 26.3 Å². The van der Waals surface area contributed by atoms with Gasteiger partial charge < -0.3 is 9.47 Å². The van der Waals surface area contributed by atoms with Gasteiger partial charge in [-0.2, -0.15) is 5.26 Å². The molecular weight excluding hydrogens is 212 g/mol. The summed E-state index contributed by atoms with van der Waals surface area (Å²) in [6.07, 6.45) is 1.22. The summed E-state index contributed by atoms with van der Waals surface area (Å²) < 4.78 is 9.33. The van der Waals surface area contributed by atoms with E-state index in [9.17, 15) is 9.59 Å². The first-order valence-electron chi connectivity index (χ1n) is 4.89. The highest BCUT2D eigenvalue weighted by Gasteiger charge is 2.28. The highest BCUT2D eigenvalue weighted by atomic mass is 16.6. The number of hydrogen-bond acceptors (Lipinski definition) is 6. The van der Waals surface area contributed by atoms with Crippen molar-refractivity contribution in [3.8, 4) is 6.07 Å². The summed E-state index contributed by atoms with van der Waals surface area (Å²) in [6.45, 7) is 3.56. The lowest BCUT2D eigenvalue weighted by Crippen LogP contribution is -2.32. The zero-order valence-electron chi connectivity index (χ0n) is 9.30. The zero-order valence-corrected chi connectivity index (χ0v) is 9.30. The second-order valence-corrected chi connectivity index (χ2v) is 2.60. The number of ether oxygens (including phenoxy) is 2. The molecule has 16 heavy (non-hydrogen) atoms. The monoisotopic (exact) mass is 226 g/mol. The van der Waals surface area contributed by atoms with Gasteiger partial charge in [-0.25, -0.2) is 9.59 Å². The van der Waals surface area contributed by atoms with Crippen molar-refractivity contribution >= 4 is 18.2 Å². The molecule has 0 bridgehead atoms. The zero-order chi connectivity index (χ0) is 12.4. The van der Waals surface area contributed by atoms with E-state index < -0.39 is 18.0 Å². The number of nitrogens with zero attached hydrogens (tertiary/aromatic N) is 2. The molecular formula is C10H14N2O4. The van der Waals surface area contributed by atoms with Crippen LogP contribution in [0.3, 0.4) is 0 Å². The van der Waals surface area contributed by atoms with E-state index >= 15 is 0 Å². The Morgan fingerprint density at radius 1 is 1.31 bits per heavy atom. The smallest absolute Gasteiger partial charge is 0.342 e. The SMILES string of the molecule is CCOC(=O)C(N=CCC#N)C(=O)OCC. The Morgan fingerprint density at radius 3 is 2.19 bits per heavy atom. The Hall–Kier alpha value is -1.90. The molecule has 0 aromatic carbocycles. The standard InChI is InChI=1S/C10H14N2O4/c1-3-15-9(13)8(10(14)16-4-2)12-7-5-6-11/h7-8H,3-5H2,1-2H3. The van der Waals surface area contributed by atoms with Crippen LogP contribution >= 0.6 is 0 Å². The Morgan fingerprint density at radius 2 is 1.81 bits per heavy atom. The van der Waals surface area contributed by atoms with Gasteiger partial charge in [-0.1, -0.05) is 0 Å². The van der Waals surface area contributed by atoms with Crippen LogP contribution < -0.4 is 0 Å². The fraction of sp³-hybridized carbons (Fsp3) is 0.600. The summed E-state index contributed by atoms with van der Waals surface area (Å²) in [6, 6.07) is 0.486. The summed E-state index contributed by atoms with van der Waals surface area (Å²) in [5.74, 6) is -1.54. The summed E-state index contributed by atoms with van der Waals surface area (Å²) in [4.78, 5) is 26.3. The van der Waals surface area contributed by atoms with Gasteiger partial charge in [0, 0.05) is 6.21 Å². The lowest BCUT2D eigenvalue weighted by atomic mass is 10.3. The molecule has 0 aromatic heterocycles. The Kier molecular flexibility index (Phi) is 7.41. The fourth-order valence-electron chi connectivity index (χ4n) is 0.859. The maximum absolute atomic E-state index is 11.3. The van der Waals surface area contributed by atoms with Crippen LogP contribution in [0.15, 0.2) is 4.99 Å². The molecule has 6 nitrogen and oxygen atoms in total. The van der Waals surface area contributed by atoms with E-state index in [0.717, 1.165) is 0 Å². The number of esters is 2. The minimum Gasteiger partial charge on any atom is -0.464 e. The van der Waals surface area contributed by atoms with Crippen LogP contribution in [0.5, 0.6) is 0 Å². The van der Waals surface area contributed by atoms with Gasteiger partial charge in [0.05, 0.1) is 25.7 Å². The first kappa shape index (κ1) is 14.1. The lowest BCUT2D eigenvalue weighted by molar-refractivity contribution is -0.156. The Bertz CT molecular complexity index is 288. The second-order valence-electron chi connectivity index (χ2n) is 2.60. The van der Waals surface area contributed by atoms with Crippen LogP contribution in [0.2, 0.25) is 0 Å². The van der Waals surface area contributed by atoms with E-state index in [4.69, 9.17) is 5.26 Å². The number of carbonyl (C=O) groups is 2. The van der Waals surface area contributed by atoms with E-state index in [-0.39, 0.29) is 19.6 Å². The maximum atomic E-state index is 11.3. The van der Waals surface area contributed by atoms with Crippen LogP contribution in [-0.2, 0) is 19.1 Å². The minimum atomic E-state index is -1.33. The molecule has 0 rings (SSSR count). The average Bonchev–Trinajstić information content (AvgIpc) is 2.25. The molecule has 0 aliphatic heterocycles. The number of rotatable bonds is 6. The van der Waals surface area contributed by atoms with E-state index in [1.807, 2.05) is 6.07 Å². The summed E-state index contributed by atoms with van der Waals surface area (Å²) in [7, 11) is 0. The predicted octanol–water partition coefficient (Wildman–Crippen LogP) is 0.466. The van der Waals surface area contributed by atoms with Crippen LogP contribution in [0.25, 0.3) is 0 Å². The van der Waals surface area contributed by atoms with Gasteiger partial charge in [0.25, 0.3) is 0 Å². The molecule has 0 unspecified atom stereocenters. The van der Waals surface area contributed by atoms with E-state index in [1.165, 1.54) is 6.21 Å². The van der Waals surface area contributed by atoms with Gasteiger partial charge in [-0.15, -0.1) is 0 Å². The van der Waals surface area contributed by atoms with Crippen molar-refractivity contribution in [3.05, 3.63) is 0 Å². The van der Waals surface area contributed by atoms with Crippen molar-refractivity contribution in [1.82, 2.24) is 0 Å². The van der Waals surface area contributed by atoms with Gasteiger partial charge in [0.1, 0.15) is 0 Å². The van der Waals surface area contributed by atoms with E-state index in [1.54, 1.807) is 13.8 Å². The normalized spacial score (nSPS) is 10.1. The number of nitriles is 1. The predicted molar refractivity (Wildman–Crippen MR) is 55.8 cm³/mol. The molecule has 0 aliphatic rings. The van der Waals surface area contributed by atoms with E-state index in [2.05, 4.69) is 14.5 Å². The van der Waals surface area contributed by atoms with E-state index in [0.29, 0.717) is 0 Å². The van der Waals surface area contributed by atoms with Gasteiger partial charge in [0.15, 0.2) is 0 Å². The molecule has 0 atom stereocenters. The topological polar surface area (TPSA) is 88.8 Å². The first-order valence-corrected chi connectivity index (χ1v) is 4.89. The molecule has 0 saturated heterocycles. The van der Waals surface area contributed by atoms with Gasteiger partial charge >= 0.3 is 11.9 Å². The lowest BCUT2D eigenvalue weighted by Gasteiger charge is -2.09. The van der Waals surface area contributed by atoms with Crippen molar-refractivity contribution in [2.75, 3.05) is 13.2 Å². The number of aliphatic imine (C=N–C) groups is 1. The number of carbonyl (C=O) groups excluding carboxylic acids is 2. The molecule has 0 saturated carbocycles. The van der Waals surface area contributed by atoms with Crippen LogP contribution in [0.4, 0.5) is 0 Å². The van der Waals surface area contributed by atoms with Crippen molar-refractivity contribution in [1.29, 1.82) is 5.26 Å². The molecule has 0 spiro atoms. The van der Waals surface area contributed by atoms with Crippen molar-refractivity contribution < 1.29 is 19.1 Å². The van der Waals surface area contributed by atoms with Gasteiger partial charge in [-0.05, 0) is 13.8 Å². The summed E-state index contributed by atoms with van der Waals surface area (Å²) >= 11 is 0. The summed E-state index contributed by atoms with van der Waals surface area (Å²) in [5, 5.41) is 8.29. The third-order valence-electron chi connectivity index (χ3n) is 1.46. The quantitative estimate of drug-likeness (QED) is 0.373. The summed E-state index contributed by atoms with van der Waals surface area (Å²) in [5.41, 5.74) is 0. The van der Waals surface area contributed by atoms with Crippen LogP contribution in [0.1, 0.15) is 20.3 Å². The second kappa shape index (κ2) is 8.41. The first-order chi connectivity index (χ1) is 7.67. The molecule has 88 valence electrons. The van der Waals surface area contributed by atoms with Crippen LogP contribution in [-0.4, -0.2) is 37.4 Å². The highest BCUT2D eigenvalue weighted by Crippen LogP contribution is 1.99. The third kappa shape index (κ3) is 5.10. The van der Waals surface area contributed by atoms with Crippen LogP contribution in [0, 0.1) is 11.3 Å². The molecule has 0 fully saturated rings. The third-order valence-corrected chi connectivity index (χ3v) is 1.46. The van der Waals surface area contributed by atoms with Crippen molar-refractivity contribution in [3.63, 3.8) is 0 Å². The Labute approximate surface area is 93.9 Å². The van der Waals surface area contributed by atoms with Gasteiger partial charge in [0.2, 0.25) is 6.04 Å². The molecule has 0 heterocycles. The molecule has 0 aliphatic carbocycles. The average molecular weight is 226 g/mol. The molecule has 0 N–H and O–H groups in total. The Balaban J connectivity index is 4.56. The van der Waals surface area contributed by atoms with Crippen molar-refractivity contribution in [2.24, 2.45) is 4.99 Å². The largest absolute Gasteiger partial charge is 0.464 e. The minimum absolute atomic E-state index is 0.0231. The van der Waals surface area contributed by atoms with Gasteiger partial charge in [-0.3, -0.25) is 4.99 Å². The highest BCUT2D eigenvalue weighted by molar-refractivity contribution is 6.00. The maximum Gasteiger partial charge on any atom is 0.342 e. The molecule has 0 amide bonds. The molecule has 0 radical (unpaired) electrons.